The van der Waals surface area contributed by atoms with Crippen molar-refractivity contribution in [3.05, 3.63) is 60.4 Å². The summed E-state index contributed by atoms with van der Waals surface area (Å²) >= 11 is 13.1. The van der Waals surface area contributed by atoms with Gasteiger partial charge in [-0.05, 0) is 42.3 Å². The van der Waals surface area contributed by atoms with E-state index in [1.165, 1.54) is 7.11 Å². The van der Waals surface area contributed by atoms with Crippen molar-refractivity contribution in [1.29, 1.82) is 0 Å². The van der Waals surface area contributed by atoms with Gasteiger partial charge in [0, 0.05) is 10.0 Å². The lowest BCUT2D eigenvalue weighted by atomic mass is 10.2. The molecule has 0 aliphatic carbocycles. The normalized spacial score (nSPS) is 11.4. The summed E-state index contributed by atoms with van der Waals surface area (Å²) in [7, 11) is 1.30. The molecule has 0 aliphatic heterocycles. The monoisotopic (exact) mass is 394 g/mol. The summed E-state index contributed by atoms with van der Waals surface area (Å²) in [5.41, 5.74) is 0.999. The van der Waals surface area contributed by atoms with Crippen molar-refractivity contribution >= 4 is 62.9 Å². The number of H-pyrrole nitrogens is 1. The molecule has 0 saturated heterocycles. The molecule has 25 heavy (non-hydrogen) atoms. The van der Waals surface area contributed by atoms with E-state index in [0.29, 0.717) is 36.5 Å². The summed E-state index contributed by atoms with van der Waals surface area (Å²) in [5.74, 6) is -0.119. The van der Waals surface area contributed by atoms with Gasteiger partial charge in [-0.2, -0.15) is 0 Å². The second kappa shape index (κ2) is 7.00. The highest BCUT2D eigenvalue weighted by Crippen LogP contribution is 2.28. The number of fused-ring (bicyclic) bond motifs is 1. The fourth-order valence-electron chi connectivity index (χ4n) is 2.33. The number of nitrogens with one attached hydrogen (secondary N) is 1. The van der Waals surface area contributed by atoms with E-state index in [4.69, 9.17) is 27.9 Å². The van der Waals surface area contributed by atoms with E-state index in [1.807, 2.05) is 0 Å². The molecule has 3 aromatic rings. The number of aromatic amines is 1. The quantitative estimate of drug-likeness (QED) is 0.660. The van der Waals surface area contributed by atoms with E-state index in [2.05, 4.69) is 9.97 Å². The number of benzene rings is 1. The van der Waals surface area contributed by atoms with Crippen LogP contribution in [0.4, 0.5) is 0 Å². The molecule has 3 rings (SSSR count). The Morgan fingerprint density at radius 1 is 1.32 bits per heavy atom. The topological polar surface area (TPSA) is 72.0 Å². The Bertz CT molecular complexity index is 1070. The molecule has 0 fully saturated rings. The first kappa shape index (κ1) is 17.7. The highest BCUT2D eigenvalue weighted by molar-refractivity contribution is 7.20. The Morgan fingerprint density at radius 3 is 2.76 bits per heavy atom. The van der Waals surface area contributed by atoms with Crippen molar-refractivity contribution in [2.24, 2.45) is 0 Å². The Morgan fingerprint density at radius 2 is 2.08 bits per heavy atom. The van der Waals surface area contributed by atoms with Gasteiger partial charge in [-0.3, -0.25) is 4.79 Å². The molecule has 0 aliphatic rings. The third kappa shape index (κ3) is 3.46. The molecule has 5 nitrogen and oxygen atoms in total. The van der Waals surface area contributed by atoms with Crippen LogP contribution in [0.25, 0.3) is 22.4 Å². The molecule has 128 valence electrons. The molecule has 2 aromatic heterocycles. The molecule has 0 bridgehead atoms. The maximum atomic E-state index is 12.3. The lowest BCUT2D eigenvalue weighted by Crippen LogP contribution is -2.09. The SMILES string of the molecule is COC(=O)c1sc2nc(/C=C/c3ccc(Cl)cc3Cl)[nH]c(=O)c2c1C. The summed E-state index contributed by atoms with van der Waals surface area (Å²) in [6.07, 6.45) is 3.37. The van der Waals surface area contributed by atoms with Crippen LogP contribution in [0, 0.1) is 6.92 Å². The average molecular weight is 395 g/mol. The lowest BCUT2D eigenvalue weighted by molar-refractivity contribution is 0.0605. The number of esters is 1. The van der Waals surface area contributed by atoms with Crippen LogP contribution in [0.5, 0.6) is 0 Å². The third-order valence-electron chi connectivity index (χ3n) is 3.57. The fourth-order valence-corrected chi connectivity index (χ4v) is 3.91. The van der Waals surface area contributed by atoms with Gasteiger partial charge in [-0.15, -0.1) is 11.3 Å². The Kier molecular flexibility index (Phi) is 4.94. The molecular weight excluding hydrogens is 383 g/mol. The van der Waals surface area contributed by atoms with Gasteiger partial charge in [0.2, 0.25) is 0 Å². The second-order valence-electron chi connectivity index (χ2n) is 5.18. The highest BCUT2D eigenvalue weighted by Gasteiger charge is 2.19. The molecule has 8 heteroatoms. The number of rotatable bonds is 3. The van der Waals surface area contributed by atoms with E-state index in [-0.39, 0.29) is 5.56 Å². The molecule has 1 aromatic carbocycles. The van der Waals surface area contributed by atoms with Gasteiger partial charge < -0.3 is 9.72 Å². The van der Waals surface area contributed by atoms with Crippen LogP contribution in [0.2, 0.25) is 10.0 Å². The Hall–Kier alpha value is -2.15. The summed E-state index contributed by atoms with van der Waals surface area (Å²) in [6.45, 7) is 1.70. The molecule has 2 heterocycles. The van der Waals surface area contributed by atoms with E-state index in [1.54, 1.807) is 37.3 Å². The summed E-state index contributed by atoms with van der Waals surface area (Å²) in [5, 5.41) is 1.43. The number of carbonyl (C=O) groups is 1. The van der Waals surface area contributed by atoms with Crippen LogP contribution in [-0.2, 0) is 4.74 Å². The van der Waals surface area contributed by atoms with Gasteiger partial charge in [0.15, 0.2) is 0 Å². The van der Waals surface area contributed by atoms with E-state index < -0.39 is 5.97 Å². The van der Waals surface area contributed by atoms with Gasteiger partial charge >= 0.3 is 5.97 Å². The molecule has 1 N–H and O–H groups in total. The van der Waals surface area contributed by atoms with Crippen molar-refractivity contribution in [3.8, 4) is 0 Å². The smallest absolute Gasteiger partial charge is 0.348 e. The number of methoxy groups -OCH3 is 1. The molecule has 0 amide bonds. The van der Waals surface area contributed by atoms with Gasteiger partial charge in [0.05, 0.1) is 12.5 Å². The largest absolute Gasteiger partial charge is 0.465 e. The number of aromatic nitrogens is 2. The second-order valence-corrected chi connectivity index (χ2v) is 7.02. The van der Waals surface area contributed by atoms with Crippen LogP contribution in [0.1, 0.15) is 26.6 Å². The number of carbonyl (C=O) groups excluding carboxylic acids is 1. The zero-order chi connectivity index (χ0) is 18.1. The zero-order valence-corrected chi connectivity index (χ0v) is 15.6. The molecular formula is C17H12Cl2N2O3S. The number of thiophene rings is 1. The van der Waals surface area contributed by atoms with Crippen molar-refractivity contribution in [2.45, 2.75) is 6.92 Å². The first-order valence-corrected chi connectivity index (χ1v) is 8.73. The number of halogens is 2. The standard InChI is InChI=1S/C17H12Cl2N2O3S/c1-8-13-15(22)20-12(21-16(13)25-14(8)17(23)24-2)6-4-9-3-5-10(18)7-11(9)19/h3-7H,1-2H3,(H,20,21,22)/b6-4+. The zero-order valence-electron chi connectivity index (χ0n) is 13.2. The number of hydrogen-bond acceptors (Lipinski definition) is 5. The first-order valence-electron chi connectivity index (χ1n) is 7.15. The molecule has 0 saturated carbocycles. The number of nitrogens with zero attached hydrogens (tertiary/aromatic N) is 1. The summed E-state index contributed by atoms with van der Waals surface area (Å²) in [4.78, 5) is 32.1. The van der Waals surface area contributed by atoms with Crippen LogP contribution < -0.4 is 5.56 Å². The van der Waals surface area contributed by atoms with Crippen molar-refractivity contribution < 1.29 is 9.53 Å². The van der Waals surface area contributed by atoms with E-state index >= 15 is 0 Å². The number of ether oxygens (including phenoxy) is 1. The predicted molar refractivity (Wildman–Crippen MR) is 102 cm³/mol. The molecule has 0 unspecified atom stereocenters. The summed E-state index contributed by atoms with van der Waals surface area (Å²) in [6, 6.07) is 5.12. The van der Waals surface area contributed by atoms with Gasteiger partial charge in [0.1, 0.15) is 15.5 Å². The van der Waals surface area contributed by atoms with E-state index in [0.717, 1.165) is 16.9 Å². The maximum absolute atomic E-state index is 12.3. The Labute approximate surface area is 156 Å². The van der Waals surface area contributed by atoms with Gasteiger partial charge in [-0.1, -0.05) is 29.3 Å². The minimum atomic E-state index is -0.482. The van der Waals surface area contributed by atoms with Crippen LogP contribution in [-0.4, -0.2) is 23.0 Å². The van der Waals surface area contributed by atoms with Crippen molar-refractivity contribution in [2.75, 3.05) is 7.11 Å². The molecule has 0 atom stereocenters. The first-order chi connectivity index (χ1) is 11.9. The van der Waals surface area contributed by atoms with E-state index in [9.17, 15) is 9.59 Å². The third-order valence-corrected chi connectivity index (χ3v) is 5.30. The number of hydrogen-bond donors (Lipinski definition) is 1. The van der Waals surface area contributed by atoms with Crippen LogP contribution >= 0.6 is 34.5 Å². The van der Waals surface area contributed by atoms with Crippen molar-refractivity contribution in [3.63, 3.8) is 0 Å². The fraction of sp³-hybridized carbons (Fsp3) is 0.118. The van der Waals surface area contributed by atoms with Gasteiger partial charge in [0.25, 0.3) is 5.56 Å². The van der Waals surface area contributed by atoms with Crippen LogP contribution in [0.3, 0.4) is 0 Å². The minimum Gasteiger partial charge on any atom is -0.465 e. The lowest BCUT2D eigenvalue weighted by Gasteiger charge is -1.99. The van der Waals surface area contributed by atoms with Gasteiger partial charge in [-0.25, -0.2) is 9.78 Å². The Balaban J connectivity index is 2.05. The molecule has 0 radical (unpaired) electrons. The minimum absolute atomic E-state index is 0.309. The maximum Gasteiger partial charge on any atom is 0.348 e. The average Bonchev–Trinajstić information content (AvgIpc) is 2.90. The predicted octanol–water partition coefficient (Wildman–Crippen LogP) is 4.56. The molecule has 0 spiro atoms. The van der Waals surface area contributed by atoms with Crippen molar-refractivity contribution in [1.82, 2.24) is 9.97 Å². The number of aryl methyl sites for hydroxylation is 1. The summed E-state index contributed by atoms with van der Waals surface area (Å²) < 4.78 is 4.74. The van der Waals surface area contributed by atoms with Crippen LogP contribution in [0.15, 0.2) is 23.0 Å². The highest BCUT2D eigenvalue weighted by atomic mass is 35.5.